The summed E-state index contributed by atoms with van der Waals surface area (Å²) in [5.74, 6) is 5.15. The van der Waals surface area contributed by atoms with Gasteiger partial charge in [0.1, 0.15) is 5.82 Å². The molecule has 5 nitrogen and oxygen atoms in total. The number of hydrazine groups is 1. The molecule has 0 spiro atoms. The van der Waals surface area contributed by atoms with E-state index in [2.05, 4.69) is 31.4 Å². The van der Waals surface area contributed by atoms with E-state index >= 15 is 0 Å². The lowest BCUT2D eigenvalue weighted by atomic mass is 10.1. The molecule has 3 N–H and O–H groups in total. The Labute approximate surface area is 119 Å². The van der Waals surface area contributed by atoms with Crippen molar-refractivity contribution < 1.29 is 4.39 Å². The van der Waals surface area contributed by atoms with Crippen LogP contribution in [0, 0.1) is 12.7 Å². The second kappa shape index (κ2) is 5.77. The average molecular weight is 328 g/mol. The van der Waals surface area contributed by atoms with Crippen molar-refractivity contribution in [3.63, 3.8) is 0 Å². The lowest BCUT2D eigenvalue weighted by Crippen LogP contribution is -2.31. The van der Waals surface area contributed by atoms with Gasteiger partial charge in [-0.1, -0.05) is 0 Å². The summed E-state index contributed by atoms with van der Waals surface area (Å²) in [4.78, 5) is 4.05. The van der Waals surface area contributed by atoms with Gasteiger partial charge in [-0.3, -0.25) is 20.9 Å². The van der Waals surface area contributed by atoms with Crippen LogP contribution in [0.15, 0.2) is 22.8 Å². The summed E-state index contributed by atoms with van der Waals surface area (Å²) in [7, 11) is 1.84. The van der Waals surface area contributed by atoms with Gasteiger partial charge in [0.15, 0.2) is 0 Å². The molecule has 19 heavy (non-hydrogen) atoms. The molecule has 7 heteroatoms. The van der Waals surface area contributed by atoms with Crippen LogP contribution in [0.1, 0.15) is 23.1 Å². The molecular weight excluding hydrogens is 313 g/mol. The molecule has 2 rings (SSSR count). The summed E-state index contributed by atoms with van der Waals surface area (Å²) in [6.45, 7) is 1.90. The summed E-state index contributed by atoms with van der Waals surface area (Å²) in [5.41, 5.74) is 4.73. The number of hydrogen-bond acceptors (Lipinski definition) is 4. The van der Waals surface area contributed by atoms with Gasteiger partial charge in [-0.15, -0.1) is 0 Å². The summed E-state index contributed by atoms with van der Waals surface area (Å²) in [6.07, 6.45) is 2.04. The molecule has 0 saturated carbocycles. The molecule has 0 bridgehead atoms. The summed E-state index contributed by atoms with van der Waals surface area (Å²) < 4.78 is 16.4. The Kier molecular flexibility index (Phi) is 4.28. The number of rotatable bonds is 4. The number of aryl methyl sites for hydroxylation is 2. The Morgan fingerprint density at radius 2 is 2.32 bits per heavy atom. The molecular formula is C12H15BrFN5. The second-order valence-electron chi connectivity index (χ2n) is 4.26. The van der Waals surface area contributed by atoms with Crippen molar-refractivity contribution in [3.05, 3.63) is 45.7 Å². The first-order valence-electron chi connectivity index (χ1n) is 5.79. The fraction of sp³-hybridized carbons (Fsp3) is 0.333. The minimum absolute atomic E-state index is 0.302. The standard InChI is InChI=1S/C12H15BrFN5/c1-7-11(13)10(19(2)18-7)6-9(17-15)12-8(14)4-3-5-16-12/h3-5,9,17H,6,15H2,1-2H3. The Morgan fingerprint density at radius 1 is 1.58 bits per heavy atom. The van der Waals surface area contributed by atoms with E-state index < -0.39 is 6.04 Å². The molecule has 1 unspecified atom stereocenters. The molecule has 2 aromatic rings. The number of nitrogens with two attached hydrogens (primary N) is 1. The van der Waals surface area contributed by atoms with Gasteiger partial charge < -0.3 is 0 Å². The predicted molar refractivity (Wildman–Crippen MR) is 73.6 cm³/mol. The zero-order valence-electron chi connectivity index (χ0n) is 10.7. The zero-order chi connectivity index (χ0) is 14.0. The Morgan fingerprint density at radius 3 is 2.84 bits per heavy atom. The smallest absolute Gasteiger partial charge is 0.146 e. The van der Waals surface area contributed by atoms with Gasteiger partial charge in [-0.25, -0.2) is 4.39 Å². The maximum Gasteiger partial charge on any atom is 0.146 e. The molecule has 0 aliphatic carbocycles. The van der Waals surface area contributed by atoms with Gasteiger partial charge in [0.2, 0.25) is 0 Å². The van der Waals surface area contributed by atoms with Crippen LogP contribution in [0.2, 0.25) is 0 Å². The quantitative estimate of drug-likeness (QED) is 0.663. The fourth-order valence-corrected chi connectivity index (χ4v) is 2.48. The molecule has 1 atom stereocenters. The Hall–Kier alpha value is -1.31. The van der Waals surface area contributed by atoms with E-state index in [0.29, 0.717) is 12.1 Å². The summed E-state index contributed by atoms with van der Waals surface area (Å²) in [6, 6.07) is 2.51. The topological polar surface area (TPSA) is 68.8 Å². The van der Waals surface area contributed by atoms with Gasteiger partial charge in [0.05, 0.1) is 27.6 Å². The normalized spacial score (nSPS) is 12.7. The van der Waals surface area contributed by atoms with Gasteiger partial charge in [-0.05, 0) is 35.0 Å². The van der Waals surface area contributed by atoms with E-state index in [0.717, 1.165) is 15.9 Å². The van der Waals surface area contributed by atoms with Crippen LogP contribution >= 0.6 is 15.9 Å². The second-order valence-corrected chi connectivity index (χ2v) is 5.06. The monoisotopic (exact) mass is 327 g/mol. The van der Waals surface area contributed by atoms with E-state index in [1.807, 2.05) is 14.0 Å². The van der Waals surface area contributed by atoms with Crippen molar-refractivity contribution in [3.8, 4) is 0 Å². The van der Waals surface area contributed by atoms with Gasteiger partial charge in [0.25, 0.3) is 0 Å². The largest absolute Gasteiger partial charge is 0.271 e. The van der Waals surface area contributed by atoms with E-state index in [1.54, 1.807) is 16.9 Å². The molecule has 102 valence electrons. The van der Waals surface area contributed by atoms with Crippen LogP contribution in [0.4, 0.5) is 4.39 Å². The highest BCUT2D eigenvalue weighted by Gasteiger charge is 2.20. The van der Waals surface area contributed by atoms with Crippen LogP contribution in [-0.2, 0) is 13.5 Å². The summed E-state index contributed by atoms with van der Waals surface area (Å²) in [5, 5.41) is 4.30. The van der Waals surface area contributed by atoms with E-state index in [4.69, 9.17) is 5.84 Å². The number of halogens is 2. The first kappa shape index (κ1) is 14.1. The molecule has 2 heterocycles. The van der Waals surface area contributed by atoms with Gasteiger partial charge >= 0.3 is 0 Å². The number of pyridine rings is 1. The van der Waals surface area contributed by atoms with Crippen molar-refractivity contribution in [1.82, 2.24) is 20.2 Å². The predicted octanol–water partition coefficient (Wildman–Crippen LogP) is 1.77. The minimum Gasteiger partial charge on any atom is -0.271 e. The summed E-state index contributed by atoms with van der Waals surface area (Å²) >= 11 is 3.48. The van der Waals surface area contributed by atoms with Crippen molar-refractivity contribution in [2.45, 2.75) is 19.4 Å². The zero-order valence-corrected chi connectivity index (χ0v) is 12.3. The molecule has 0 aliphatic rings. The maximum absolute atomic E-state index is 13.7. The number of nitrogens with zero attached hydrogens (tertiary/aromatic N) is 3. The highest BCUT2D eigenvalue weighted by molar-refractivity contribution is 9.10. The van der Waals surface area contributed by atoms with Crippen LogP contribution in [0.25, 0.3) is 0 Å². The third-order valence-electron chi connectivity index (χ3n) is 2.98. The highest BCUT2D eigenvalue weighted by Crippen LogP contribution is 2.25. The molecule has 0 fully saturated rings. The lowest BCUT2D eigenvalue weighted by Gasteiger charge is -2.16. The molecule has 2 aromatic heterocycles. The Bertz CT molecular complexity index is 583. The van der Waals surface area contributed by atoms with Crippen LogP contribution in [0.3, 0.4) is 0 Å². The molecule has 0 amide bonds. The number of nitrogens with one attached hydrogen (secondary N) is 1. The van der Waals surface area contributed by atoms with Gasteiger partial charge in [-0.2, -0.15) is 5.10 Å². The first-order valence-corrected chi connectivity index (χ1v) is 6.58. The molecule has 0 aromatic carbocycles. The van der Waals surface area contributed by atoms with Crippen molar-refractivity contribution >= 4 is 15.9 Å². The fourth-order valence-electron chi connectivity index (χ4n) is 1.98. The van der Waals surface area contributed by atoms with Crippen LogP contribution in [-0.4, -0.2) is 14.8 Å². The lowest BCUT2D eigenvalue weighted by molar-refractivity contribution is 0.482. The SMILES string of the molecule is Cc1nn(C)c(CC(NN)c2ncccc2F)c1Br. The van der Waals surface area contributed by atoms with E-state index in [1.165, 1.54) is 6.07 Å². The Balaban J connectivity index is 2.32. The molecule has 0 radical (unpaired) electrons. The number of hydrogen-bond donors (Lipinski definition) is 2. The first-order chi connectivity index (χ1) is 9.04. The van der Waals surface area contributed by atoms with E-state index in [9.17, 15) is 4.39 Å². The van der Waals surface area contributed by atoms with Crippen molar-refractivity contribution in [1.29, 1.82) is 0 Å². The molecule has 0 aliphatic heterocycles. The number of aromatic nitrogens is 3. The maximum atomic E-state index is 13.7. The van der Waals surface area contributed by atoms with Crippen LogP contribution in [0.5, 0.6) is 0 Å². The third-order valence-corrected chi connectivity index (χ3v) is 4.01. The van der Waals surface area contributed by atoms with Crippen molar-refractivity contribution in [2.24, 2.45) is 12.9 Å². The minimum atomic E-state index is -0.410. The third kappa shape index (κ3) is 2.83. The van der Waals surface area contributed by atoms with Crippen molar-refractivity contribution in [2.75, 3.05) is 0 Å². The van der Waals surface area contributed by atoms with Gasteiger partial charge in [0, 0.05) is 19.7 Å². The highest BCUT2D eigenvalue weighted by atomic mass is 79.9. The van der Waals surface area contributed by atoms with E-state index in [-0.39, 0.29) is 5.82 Å². The molecule has 0 saturated heterocycles. The average Bonchev–Trinajstić information content (AvgIpc) is 2.63. The van der Waals surface area contributed by atoms with Crippen LogP contribution < -0.4 is 11.3 Å².